The molecule has 1 aliphatic heterocycles. The summed E-state index contributed by atoms with van der Waals surface area (Å²) in [5, 5.41) is 0. The Morgan fingerprint density at radius 1 is 1.19 bits per heavy atom. The average molecular weight is 490 g/mol. The lowest BCUT2D eigenvalue weighted by Gasteiger charge is -2.32. The van der Waals surface area contributed by atoms with Gasteiger partial charge in [0.25, 0.3) is 5.91 Å². The highest BCUT2D eigenvalue weighted by molar-refractivity contribution is 9.10. The second kappa shape index (κ2) is 12.1. The monoisotopic (exact) mass is 489 g/mol. The first-order valence-corrected chi connectivity index (χ1v) is 11.3. The van der Waals surface area contributed by atoms with Crippen LogP contribution in [0.1, 0.15) is 52.9 Å². The molecule has 1 amide bonds. The van der Waals surface area contributed by atoms with Crippen LogP contribution in [-0.4, -0.2) is 61.6 Å². The van der Waals surface area contributed by atoms with Gasteiger partial charge in [0.05, 0.1) is 7.18 Å². The number of halogens is 2. The van der Waals surface area contributed by atoms with E-state index in [-0.39, 0.29) is 5.91 Å². The molecule has 168 valence electrons. The van der Waals surface area contributed by atoms with Gasteiger partial charge in [0.2, 0.25) is 0 Å². The molecule has 31 heavy (non-hydrogen) atoms. The highest BCUT2D eigenvalue weighted by Gasteiger charge is 2.21. The highest BCUT2D eigenvalue weighted by atomic mass is 79.9. The number of aromatic nitrogens is 1. The van der Waals surface area contributed by atoms with E-state index in [0.717, 1.165) is 48.2 Å². The van der Waals surface area contributed by atoms with Crippen LogP contribution in [0.25, 0.3) is 6.08 Å². The van der Waals surface area contributed by atoms with Crippen molar-refractivity contribution in [2.24, 2.45) is 0 Å². The fraction of sp³-hybridized carbons (Fsp3) is 0.440. The van der Waals surface area contributed by atoms with Crippen LogP contribution in [-0.2, 0) is 0 Å². The number of hydrogen-bond donors (Lipinski definition) is 0. The number of pyridine rings is 1. The maximum Gasteiger partial charge on any atom is 0.253 e. The second-order valence-corrected chi connectivity index (χ2v) is 9.01. The lowest BCUT2D eigenvalue weighted by atomic mass is 9.88. The summed E-state index contributed by atoms with van der Waals surface area (Å²) in [6.07, 6.45) is 6.40. The molecule has 1 aromatic carbocycles. The Bertz CT molecular complexity index is 868. The van der Waals surface area contributed by atoms with Crippen molar-refractivity contribution in [3.8, 4) is 0 Å². The van der Waals surface area contributed by atoms with Gasteiger partial charge in [-0.05, 0) is 69.5 Å². The van der Waals surface area contributed by atoms with E-state index in [0.29, 0.717) is 13.1 Å². The molecule has 0 N–H and O–H groups in total. The third kappa shape index (κ3) is 6.97. The van der Waals surface area contributed by atoms with Gasteiger partial charge in [-0.1, -0.05) is 39.7 Å². The molecule has 0 atom stereocenters. The molecule has 6 heteroatoms. The van der Waals surface area contributed by atoms with Gasteiger partial charge < -0.3 is 4.90 Å². The number of piperidine rings is 1. The number of hydrogen-bond acceptors (Lipinski definition) is 3. The van der Waals surface area contributed by atoms with Crippen molar-refractivity contribution in [1.29, 1.82) is 0 Å². The fourth-order valence-electron chi connectivity index (χ4n) is 3.95. The van der Waals surface area contributed by atoms with Crippen molar-refractivity contribution >= 4 is 27.9 Å². The molecule has 4 nitrogen and oxygen atoms in total. The zero-order valence-electron chi connectivity index (χ0n) is 19.2. The Morgan fingerprint density at radius 2 is 1.81 bits per heavy atom. The van der Waals surface area contributed by atoms with Gasteiger partial charge in [-0.3, -0.25) is 19.1 Å². The van der Waals surface area contributed by atoms with Crippen molar-refractivity contribution in [3.63, 3.8) is 0 Å². The number of likely N-dealkylation sites (tertiary alicyclic amines) is 1. The third-order valence-electron chi connectivity index (χ3n) is 5.62. The fourth-order valence-corrected chi connectivity index (χ4v) is 4.46. The van der Waals surface area contributed by atoms with Crippen molar-refractivity contribution < 1.29 is 9.18 Å². The molecule has 0 bridgehead atoms. The summed E-state index contributed by atoms with van der Waals surface area (Å²) >= 11 is 3.63. The van der Waals surface area contributed by atoms with Crippen molar-refractivity contribution in [3.05, 3.63) is 69.0 Å². The maximum absolute atomic E-state index is 12.1. The molecule has 0 unspecified atom stereocenters. The van der Waals surface area contributed by atoms with Gasteiger partial charge in [0.1, 0.15) is 0 Å². The lowest BCUT2D eigenvalue weighted by molar-refractivity contribution is 0.0827. The normalized spacial score (nSPS) is 15.3. The number of benzene rings is 1. The van der Waals surface area contributed by atoms with Crippen molar-refractivity contribution in [1.82, 2.24) is 14.8 Å². The summed E-state index contributed by atoms with van der Waals surface area (Å²) in [5.74, 6) is 0.637. The van der Waals surface area contributed by atoms with E-state index in [4.69, 9.17) is 0 Å². The Kier molecular flexibility index (Phi) is 9.85. The molecule has 1 saturated heterocycles. The smallest absolute Gasteiger partial charge is 0.253 e. The minimum Gasteiger partial charge on any atom is -0.345 e. The van der Waals surface area contributed by atoms with E-state index in [1.54, 1.807) is 19.0 Å². The Morgan fingerprint density at radius 3 is 2.35 bits per heavy atom. The Hall–Kier alpha value is -2.05. The summed E-state index contributed by atoms with van der Waals surface area (Å²) < 4.78 is 10.6. The molecule has 0 radical (unpaired) electrons. The van der Waals surface area contributed by atoms with E-state index in [9.17, 15) is 9.18 Å². The maximum atomic E-state index is 12.1. The summed E-state index contributed by atoms with van der Waals surface area (Å²) in [4.78, 5) is 20.6. The summed E-state index contributed by atoms with van der Waals surface area (Å²) in [6, 6.07) is 10.2. The number of alkyl halides is 1. The summed E-state index contributed by atoms with van der Waals surface area (Å²) in [5.41, 5.74) is 5.68. The molecule has 1 aromatic heterocycles. The van der Waals surface area contributed by atoms with Crippen LogP contribution in [0.3, 0.4) is 0 Å². The molecule has 0 spiro atoms. The SMILES string of the molecule is C/C(=C\c1c(Br)ccnc1C)CN1CCC(c2ccc(C(=O)N(C)C)cc2)CC1.CF. The van der Waals surface area contributed by atoms with Crippen LogP contribution < -0.4 is 0 Å². The quantitative estimate of drug-likeness (QED) is 0.538. The molecule has 1 fully saturated rings. The number of amides is 1. The van der Waals surface area contributed by atoms with E-state index >= 15 is 0 Å². The molecule has 2 heterocycles. The molecular formula is C25H33BrFN3O. The number of carbonyl (C=O) groups excluding carboxylic acids is 1. The van der Waals surface area contributed by atoms with Gasteiger partial charge in [-0.2, -0.15) is 0 Å². The van der Waals surface area contributed by atoms with E-state index in [2.05, 4.69) is 50.9 Å². The van der Waals surface area contributed by atoms with E-state index < -0.39 is 0 Å². The predicted octanol–water partition coefficient (Wildman–Crippen LogP) is 5.72. The van der Waals surface area contributed by atoms with E-state index in [1.807, 2.05) is 31.3 Å². The summed E-state index contributed by atoms with van der Waals surface area (Å²) in [6.45, 7) is 7.44. The standard InChI is InChI=1S/C24H30BrN3O.CH3F/c1-17(15-22-18(2)26-12-9-23(22)25)16-28-13-10-20(11-14-28)19-5-7-21(8-6-19)24(29)27(3)4;1-2/h5-9,12,15,20H,10-11,13-14,16H2,1-4H3;1H3/b17-15+;. The minimum atomic E-state index is 0.0594. The third-order valence-corrected chi connectivity index (χ3v) is 6.31. The molecule has 3 rings (SSSR count). The number of nitrogens with zero attached hydrogens (tertiary/aromatic N) is 3. The van der Waals surface area contributed by atoms with Gasteiger partial charge >= 0.3 is 0 Å². The molecule has 0 aliphatic carbocycles. The molecule has 2 aromatic rings. The largest absolute Gasteiger partial charge is 0.345 e. The lowest BCUT2D eigenvalue weighted by Crippen LogP contribution is -2.34. The van der Waals surface area contributed by atoms with Crippen LogP contribution >= 0.6 is 15.9 Å². The first-order valence-electron chi connectivity index (χ1n) is 10.5. The van der Waals surface area contributed by atoms with Gasteiger partial charge in [-0.15, -0.1) is 0 Å². The Balaban J connectivity index is 0.00000166. The molecular weight excluding hydrogens is 457 g/mol. The summed E-state index contributed by atoms with van der Waals surface area (Å²) in [7, 11) is 4.08. The minimum absolute atomic E-state index is 0.0594. The van der Waals surface area contributed by atoms with Crippen LogP contribution in [0.2, 0.25) is 0 Å². The van der Waals surface area contributed by atoms with Gasteiger partial charge in [0.15, 0.2) is 0 Å². The highest BCUT2D eigenvalue weighted by Crippen LogP contribution is 2.29. The second-order valence-electron chi connectivity index (χ2n) is 8.15. The predicted molar refractivity (Wildman–Crippen MR) is 130 cm³/mol. The number of carbonyl (C=O) groups is 1. The van der Waals surface area contributed by atoms with Crippen LogP contribution in [0, 0.1) is 6.92 Å². The van der Waals surface area contributed by atoms with Gasteiger partial charge in [-0.25, -0.2) is 0 Å². The van der Waals surface area contributed by atoms with Crippen molar-refractivity contribution in [2.45, 2.75) is 32.6 Å². The first-order chi connectivity index (χ1) is 14.8. The topological polar surface area (TPSA) is 36.4 Å². The number of rotatable bonds is 5. The van der Waals surface area contributed by atoms with Crippen LogP contribution in [0.4, 0.5) is 4.39 Å². The molecule has 1 aliphatic rings. The first kappa shape index (κ1) is 25.2. The van der Waals surface area contributed by atoms with Crippen LogP contribution in [0.15, 0.2) is 46.6 Å². The van der Waals surface area contributed by atoms with Crippen LogP contribution in [0.5, 0.6) is 0 Å². The van der Waals surface area contributed by atoms with Crippen molar-refractivity contribution in [2.75, 3.05) is 40.9 Å². The zero-order valence-corrected chi connectivity index (χ0v) is 20.7. The zero-order chi connectivity index (χ0) is 23.0. The average Bonchev–Trinajstić information content (AvgIpc) is 2.78. The Labute approximate surface area is 194 Å². The number of aryl methyl sites for hydroxylation is 1. The van der Waals surface area contributed by atoms with E-state index in [1.165, 1.54) is 16.7 Å². The van der Waals surface area contributed by atoms with Gasteiger partial charge in [0, 0.05) is 48.1 Å². The molecule has 0 saturated carbocycles.